The molecule has 0 unspecified atom stereocenters. The first kappa shape index (κ1) is 18.0. The van der Waals surface area contributed by atoms with Crippen LogP contribution in [0.2, 0.25) is 0 Å². The summed E-state index contributed by atoms with van der Waals surface area (Å²) in [5.74, 6) is 1.53. The third-order valence-corrected chi connectivity index (χ3v) is 5.36. The van der Waals surface area contributed by atoms with Gasteiger partial charge in [-0.2, -0.15) is 11.8 Å². The summed E-state index contributed by atoms with van der Waals surface area (Å²) in [6.07, 6.45) is 3.47. The van der Waals surface area contributed by atoms with Gasteiger partial charge in [0.2, 0.25) is 0 Å². The molecule has 2 rings (SSSR count). The molecule has 126 valence electrons. The fourth-order valence-corrected chi connectivity index (χ4v) is 3.63. The molecular formula is C16H23N3O2S2. The Morgan fingerprint density at radius 2 is 2.17 bits per heavy atom. The SMILES string of the molecule is CCc1cc2c(N[C@H](CCSC)C(=O)O)nc(C(C)C)nc2s1. The number of aryl methyl sites for hydroxylation is 1. The van der Waals surface area contributed by atoms with Crippen molar-refractivity contribution in [2.75, 3.05) is 17.3 Å². The van der Waals surface area contributed by atoms with E-state index in [4.69, 9.17) is 0 Å². The van der Waals surface area contributed by atoms with Crippen LogP contribution in [0.1, 0.15) is 43.8 Å². The second-order valence-corrected chi connectivity index (χ2v) is 7.79. The molecule has 2 heterocycles. The van der Waals surface area contributed by atoms with Gasteiger partial charge in [-0.1, -0.05) is 20.8 Å². The number of hydrogen-bond donors (Lipinski definition) is 2. The van der Waals surface area contributed by atoms with Crippen LogP contribution in [0.4, 0.5) is 5.82 Å². The van der Waals surface area contributed by atoms with Crippen molar-refractivity contribution >= 4 is 45.1 Å². The molecule has 0 saturated heterocycles. The van der Waals surface area contributed by atoms with Gasteiger partial charge >= 0.3 is 5.97 Å². The summed E-state index contributed by atoms with van der Waals surface area (Å²) in [7, 11) is 0. The molecule has 0 aromatic carbocycles. The summed E-state index contributed by atoms with van der Waals surface area (Å²) in [5, 5.41) is 13.5. The third kappa shape index (κ3) is 4.35. The first-order valence-corrected chi connectivity index (χ1v) is 9.95. The highest BCUT2D eigenvalue weighted by molar-refractivity contribution is 7.98. The topological polar surface area (TPSA) is 75.1 Å². The van der Waals surface area contributed by atoms with E-state index in [1.807, 2.05) is 20.1 Å². The number of anilines is 1. The summed E-state index contributed by atoms with van der Waals surface area (Å²) >= 11 is 3.30. The number of thiophene rings is 1. The Bertz CT molecular complexity index is 685. The molecule has 0 amide bonds. The van der Waals surface area contributed by atoms with E-state index in [1.165, 1.54) is 4.88 Å². The molecule has 23 heavy (non-hydrogen) atoms. The highest BCUT2D eigenvalue weighted by Gasteiger charge is 2.20. The number of thioether (sulfide) groups is 1. The summed E-state index contributed by atoms with van der Waals surface area (Å²) in [5.41, 5.74) is 0. The highest BCUT2D eigenvalue weighted by atomic mass is 32.2. The third-order valence-electron chi connectivity index (χ3n) is 3.55. The molecule has 0 saturated carbocycles. The number of carbonyl (C=O) groups is 1. The minimum atomic E-state index is -0.845. The van der Waals surface area contributed by atoms with Gasteiger partial charge in [-0.25, -0.2) is 14.8 Å². The molecule has 5 nitrogen and oxygen atoms in total. The van der Waals surface area contributed by atoms with E-state index >= 15 is 0 Å². The zero-order chi connectivity index (χ0) is 17.0. The maximum Gasteiger partial charge on any atom is 0.326 e. The molecule has 0 aliphatic carbocycles. The van der Waals surface area contributed by atoms with Gasteiger partial charge in [0.25, 0.3) is 0 Å². The van der Waals surface area contributed by atoms with Crippen molar-refractivity contribution in [3.05, 3.63) is 16.8 Å². The van der Waals surface area contributed by atoms with Gasteiger partial charge in [0.1, 0.15) is 22.5 Å². The van der Waals surface area contributed by atoms with Crippen LogP contribution in [0, 0.1) is 0 Å². The molecular weight excluding hydrogens is 330 g/mol. The average Bonchev–Trinajstić information content (AvgIpc) is 2.94. The van der Waals surface area contributed by atoms with E-state index in [9.17, 15) is 9.90 Å². The van der Waals surface area contributed by atoms with Crippen LogP contribution < -0.4 is 5.32 Å². The van der Waals surface area contributed by atoms with Crippen LogP contribution in [-0.4, -0.2) is 39.1 Å². The lowest BCUT2D eigenvalue weighted by Crippen LogP contribution is -2.30. The number of carboxylic acid groups (broad SMARTS) is 1. The van der Waals surface area contributed by atoms with Crippen molar-refractivity contribution in [1.82, 2.24) is 9.97 Å². The maximum atomic E-state index is 11.5. The van der Waals surface area contributed by atoms with Crippen molar-refractivity contribution in [3.8, 4) is 0 Å². The van der Waals surface area contributed by atoms with Crippen molar-refractivity contribution in [3.63, 3.8) is 0 Å². The lowest BCUT2D eigenvalue weighted by Gasteiger charge is -2.16. The summed E-state index contributed by atoms with van der Waals surface area (Å²) in [6, 6.07) is 1.44. The molecule has 0 spiro atoms. The van der Waals surface area contributed by atoms with Crippen LogP contribution in [0.5, 0.6) is 0 Å². The van der Waals surface area contributed by atoms with Gasteiger partial charge in [-0.15, -0.1) is 11.3 Å². The van der Waals surface area contributed by atoms with Crippen LogP contribution in [0.3, 0.4) is 0 Å². The number of aromatic nitrogens is 2. The van der Waals surface area contributed by atoms with Crippen LogP contribution in [0.25, 0.3) is 10.2 Å². The Kier molecular flexibility index (Phi) is 6.24. The van der Waals surface area contributed by atoms with Crippen molar-refractivity contribution in [2.24, 2.45) is 0 Å². The van der Waals surface area contributed by atoms with Crippen molar-refractivity contribution < 1.29 is 9.90 Å². The predicted molar refractivity (Wildman–Crippen MR) is 98.9 cm³/mol. The minimum Gasteiger partial charge on any atom is -0.480 e. The average molecular weight is 354 g/mol. The first-order chi connectivity index (χ1) is 11.0. The van der Waals surface area contributed by atoms with Gasteiger partial charge in [0.15, 0.2) is 0 Å². The Balaban J connectivity index is 2.43. The number of nitrogens with one attached hydrogen (secondary N) is 1. The number of aliphatic carboxylic acids is 1. The molecule has 7 heteroatoms. The number of carboxylic acids is 1. The summed E-state index contributed by atoms with van der Waals surface area (Å²) in [4.78, 5) is 22.9. The zero-order valence-corrected chi connectivity index (χ0v) is 15.6. The van der Waals surface area contributed by atoms with E-state index in [2.05, 4.69) is 28.3 Å². The number of rotatable bonds is 8. The molecule has 0 aliphatic heterocycles. The number of nitrogens with zero attached hydrogens (tertiary/aromatic N) is 2. The summed E-state index contributed by atoms with van der Waals surface area (Å²) < 4.78 is 0. The summed E-state index contributed by atoms with van der Waals surface area (Å²) in [6.45, 7) is 6.19. The lowest BCUT2D eigenvalue weighted by molar-refractivity contribution is -0.137. The molecule has 0 aliphatic rings. The Morgan fingerprint density at radius 1 is 1.43 bits per heavy atom. The fraction of sp³-hybridized carbons (Fsp3) is 0.562. The normalized spacial score (nSPS) is 12.7. The quantitative estimate of drug-likeness (QED) is 0.747. The smallest absolute Gasteiger partial charge is 0.326 e. The Morgan fingerprint density at radius 3 is 2.74 bits per heavy atom. The highest BCUT2D eigenvalue weighted by Crippen LogP contribution is 2.31. The molecule has 0 bridgehead atoms. The zero-order valence-electron chi connectivity index (χ0n) is 13.9. The fourth-order valence-electron chi connectivity index (χ4n) is 2.19. The van der Waals surface area contributed by atoms with Gasteiger partial charge < -0.3 is 10.4 Å². The van der Waals surface area contributed by atoms with Gasteiger partial charge in [-0.05, 0) is 30.9 Å². The van der Waals surface area contributed by atoms with Crippen molar-refractivity contribution in [1.29, 1.82) is 0 Å². The molecule has 1 atom stereocenters. The Hall–Kier alpha value is -1.34. The van der Waals surface area contributed by atoms with E-state index in [1.54, 1.807) is 23.1 Å². The first-order valence-electron chi connectivity index (χ1n) is 7.74. The van der Waals surface area contributed by atoms with Gasteiger partial charge in [0.05, 0.1) is 5.39 Å². The van der Waals surface area contributed by atoms with E-state index in [0.29, 0.717) is 12.2 Å². The maximum absolute atomic E-state index is 11.5. The van der Waals surface area contributed by atoms with E-state index < -0.39 is 12.0 Å². The predicted octanol–water partition coefficient (Wildman–Crippen LogP) is 4.00. The van der Waals surface area contributed by atoms with E-state index in [0.717, 1.165) is 28.2 Å². The molecule has 2 N–H and O–H groups in total. The van der Waals surface area contributed by atoms with Crippen LogP contribution in [-0.2, 0) is 11.2 Å². The lowest BCUT2D eigenvalue weighted by atomic mass is 10.2. The second-order valence-electron chi connectivity index (χ2n) is 5.69. The minimum absolute atomic E-state index is 0.196. The standard InChI is InChI=1S/C16H23N3O2S2/c1-5-10-8-11-14(17-12(16(20)21)6-7-22-4)18-13(9(2)3)19-15(11)23-10/h8-9,12H,5-7H2,1-4H3,(H,20,21)(H,17,18,19)/t12-/m1/s1. The van der Waals surface area contributed by atoms with Crippen molar-refractivity contribution in [2.45, 2.75) is 45.6 Å². The van der Waals surface area contributed by atoms with Crippen LogP contribution in [0.15, 0.2) is 6.07 Å². The molecule has 0 fully saturated rings. The Labute approximate surface area is 144 Å². The molecule has 2 aromatic heterocycles. The number of hydrogen-bond acceptors (Lipinski definition) is 6. The monoisotopic (exact) mass is 353 g/mol. The van der Waals surface area contributed by atoms with E-state index in [-0.39, 0.29) is 5.92 Å². The number of fused-ring (bicyclic) bond motifs is 1. The van der Waals surface area contributed by atoms with Gasteiger partial charge in [-0.3, -0.25) is 0 Å². The van der Waals surface area contributed by atoms with Gasteiger partial charge in [0, 0.05) is 10.8 Å². The van der Waals surface area contributed by atoms with Crippen LogP contribution >= 0.6 is 23.1 Å². The second kappa shape index (κ2) is 7.97. The molecule has 2 aromatic rings. The molecule has 0 radical (unpaired) electrons. The largest absolute Gasteiger partial charge is 0.480 e.